The van der Waals surface area contributed by atoms with Gasteiger partial charge in [0.25, 0.3) is 15.9 Å². The van der Waals surface area contributed by atoms with Crippen LogP contribution in [0.3, 0.4) is 0 Å². The molecule has 10 nitrogen and oxygen atoms in total. The lowest BCUT2D eigenvalue weighted by atomic mass is 9.99. The van der Waals surface area contributed by atoms with Crippen LogP contribution in [0.4, 0.5) is 5.69 Å². The molecule has 0 unspecified atom stereocenters. The molecule has 11 heteroatoms. The molecule has 4 aromatic rings. The van der Waals surface area contributed by atoms with Gasteiger partial charge in [-0.3, -0.25) is 14.4 Å². The summed E-state index contributed by atoms with van der Waals surface area (Å²) in [7, 11) is -0.541. The molecule has 0 aromatic heterocycles. The average molecular weight is 660 g/mol. The molecule has 248 valence electrons. The molecular weight excluding hydrogens is 618 g/mol. The van der Waals surface area contributed by atoms with E-state index in [9.17, 15) is 18.3 Å². The Morgan fingerprint density at radius 1 is 0.957 bits per heavy atom. The number of sulfonamides is 1. The van der Waals surface area contributed by atoms with E-state index >= 15 is 0 Å². The lowest BCUT2D eigenvalue weighted by Crippen LogP contribution is -2.49. The largest absolute Gasteiger partial charge is 0.497 e. The number of nitrogens with zero attached hydrogens (tertiary/aromatic N) is 2. The first-order valence-corrected chi connectivity index (χ1v) is 16.9. The van der Waals surface area contributed by atoms with Crippen LogP contribution in [0.15, 0.2) is 102 Å². The van der Waals surface area contributed by atoms with Gasteiger partial charge in [0.15, 0.2) is 5.75 Å². The smallest absolute Gasteiger partial charge is 0.262 e. The molecule has 47 heavy (non-hydrogen) atoms. The van der Waals surface area contributed by atoms with Crippen LogP contribution in [0.1, 0.15) is 29.8 Å². The second-order valence-electron chi connectivity index (χ2n) is 11.8. The third-order valence-corrected chi connectivity index (χ3v) is 9.53. The van der Waals surface area contributed by atoms with Crippen LogP contribution >= 0.6 is 0 Å². The molecule has 1 heterocycles. The lowest BCUT2D eigenvalue weighted by molar-refractivity contribution is 0.0344. The van der Waals surface area contributed by atoms with Gasteiger partial charge in [0, 0.05) is 25.6 Å². The maximum atomic E-state index is 13.8. The molecule has 0 fully saturated rings. The Morgan fingerprint density at radius 2 is 1.62 bits per heavy atom. The maximum Gasteiger partial charge on any atom is 0.262 e. The first-order valence-electron chi connectivity index (χ1n) is 15.5. The Labute approximate surface area is 276 Å². The number of aliphatic hydroxyl groups is 1. The highest BCUT2D eigenvalue weighted by Crippen LogP contribution is 2.36. The van der Waals surface area contributed by atoms with Crippen molar-refractivity contribution in [2.75, 3.05) is 38.6 Å². The summed E-state index contributed by atoms with van der Waals surface area (Å²) in [4.78, 5) is 17.6. The second-order valence-corrected chi connectivity index (χ2v) is 13.5. The van der Waals surface area contributed by atoms with Crippen molar-refractivity contribution in [1.29, 1.82) is 0 Å². The van der Waals surface area contributed by atoms with Gasteiger partial charge >= 0.3 is 0 Å². The Kier molecular flexibility index (Phi) is 10.7. The molecule has 5 rings (SSSR count). The number of anilines is 1. The van der Waals surface area contributed by atoms with Crippen molar-refractivity contribution in [3.05, 3.63) is 108 Å². The standard InChI is InChI=1S/C36H41N3O7S/c1-25-21-39(26(2)24-40)36(41)32-11-8-12-33(37-47(42,43)31-19-17-28(44-4)18-20-31)35(32)46-34(25)23-38(3)22-27-13-15-30(16-14-27)45-29-9-6-5-7-10-29/h5-20,25-26,34,37,40H,21-24H2,1-4H3/t25-,26-,34+/m1/s1. The highest BCUT2D eigenvalue weighted by molar-refractivity contribution is 7.92. The number of likely N-dealkylation sites (N-methyl/N-ethyl adjacent to an activating group) is 1. The molecule has 0 radical (unpaired) electrons. The van der Waals surface area contributed by atoms with E-state index in [1.165, 1.54) is 19.2 Å². The number of carbonyl (C=O) groups excluding carboxylic acids is 1. The molecule has 1 aliphatic rings. The predicted octanol–water partition coefficient (Wildman–Crippen LogP) is 5.64. The normalized spacial score (nSPS) is 17.2. The third kappa shape index (κ3) is 8.23. The minimum absolute atomic E-state index is 0.0356. The van der Waals surface area contributed by atoms with Gasteiger partial charge in [0.1, 0.15) is 23.4 Å². The van der Waals surface area contributed by atoms with Crippen molar-refractivity contribution in [3.63, 3.8) is 0 Å². The summed E-state index contributed by atoms with van der Waals surface area (Å²) in [5.41, 5.74) is 1.44. The van der Waals surface area contributed by atoms with Crippen molar-refractivity contribution >= 4 is 21.6 Å². The molecule has 1 aliphatic heterocycles. The fourth-order valence-electron chi connectivity index (χ4n) is 5.47. The number of para-hydroxylation sites is 2. The van der Waals surface area contributed by atoms with E-state index < -0.39 is 22.2 Å². The molecule has 4 aromatic carbocycles. The van der Waals surface area contributed by atoms with Crippen LogP contribution in [-0.2, 0) is 16.6 Å². The quantitative estimate of drug-likeness (QED) is 0.201. The molecule has 1 amide bonds. The fraction of sp³-hybridized carbons (Fsp3) is 0.306. The first-order chi connectivity index (χ1) is 22.6. The van der Waals surface area contributed by atoms with Gasteiger partial charge in [0.05, 0.1) is 35.9 Å². The van der Waals surface area contributed by atoms with Crippen LogP contribution in [0, 0.1) is 5.92 Å². The molecule has 0 saturated carbocycles. The summed E-state index contributed by atoms with van der Waals surface area (Å²) in [6.07, 6.45) is -0.424. The molecule has 3 atom stereocenters. The number of benzene rings is 4. The first kappa shape index (κ1) is 33.8. The average Bonchev–Trinajstić information content (AvgIpc) is 3.07. The number of rotatable bonds is 12. The summed E-state index contributed by atoms with van der Waals surface area (Å²) >= 11 is 0. The second kappa shape index (κ2) is 14.9. The van der Waals surface area contributed by atoms with E-state index in [-0.39, 0.29) is 40.3 Å². The van der Waals surface area contributed by atoms with Gasteiger partial charge in [0.2, 0.25) is 0 Å². The fourth-order valence-corrected chi connectivity index (χ4v) is 6.53. The van der Waals surface area contributed by atoms with Crippen LogP contribution in [-0.4, -0.2) is 75.2 Å². The Balaban J connectivity index is 1.39. The van der Waals surface area contributed by atoms with Crippen molar-refractivity contribution in [3.8, 4) is 23.0 Å². The van der Waals surface area contributed by atoms with E-state index in [4.69, 9.17) is 14.2 Å². The number of fused-ring (bicyclic) bond motifs is 1. The maximum absolute atomic E-state index is 13.8. The van der Waals surface area contributed by atoms with Crippen LogP contribution in [0.25, 0.3) is 0 Å². The topological polar surface area (TPSA) is 118 Å². The summed E-state index contributed by atoms with van der Waals surface area (Å²) in [6.45, 7) is 5.02. The van der Waals surface area contributed by atoms with Crippen molar-refractivity contribution in [1.82, 2.24) is 9.80 Å². The number of amides is 1. The molecule has 0 aliphatic carbocycles. The van der Waals surface area contributed by atoms with Crippen LogP contribution in [0.2, 0.25) is 0 Å². The zero-order chi connectivity index (χ0) is 33.6. The number of carbonyl (C=O) groups is 1. The van der Waals surface area contributed by atoms with Crippen LogP contribution < -0.4 is 18.9 Å². The van der Waals surface area contributed by atoms with Crippen molar-refractivity contribution in [2.24, 2.45) is 5.92 Å². The van der Waals surface area contributed by atoms with Crippen LogP contribution in [0.5, 0.6) is 23.0 Å². The zero-order valence-electron chi connectivity index (χ0n) is 27.0. The minimum atomic E-state index is -4.03. The van der Waals surface area contributed by atoms with Crippen molar-refractivity contribution < 1.29 is 32.5 Å². The summed E-state index contributed by atoms with van der Waals surface area (Å²) in [5.74, 6) is 1.68. The Bertz CT molecular complexity index is 1750. The van der Waals surface area contributed by atoms with E-state index in [1.54, 1.807) is 42.2 Å². The lowest BCUT2D eigenvalue weighted by Gasteiger charge is -2.38. The zero-order valence-corrected chi connectivity index (χ0v) is 27.8. The van der Waals surface area contributed by atoms with Gasteiger partial charge in [-0.2, -0.15) is 0 Å². The van der Waals surface area contributed by atoms with Gasteiger partial charge in [-0.05, 0) is 80.2 Å². The van der Waals surface area contributed by atoms with Crippen molar-refractivity contribution in [2.45, 2.75) is 37.4 Å². The molecule has 0 spiro atoms. The highest BCUT2D eigenvalue weighted by atomic mass is 32.2. The molecule has 0 saturated heterocycles. The molecule has 0 bridgehead atoms. The SMILES string of the molecule is COc1ccc(S(=O)(=O)Nc2cccc3c2O[C@@H](CN(C)Cc2ccc(Oc4ccccc4)cc2)[C@H](C)CN([C@H](C)CO)C3=O)cc1. The van der Waals surface area contributed by atoms with E-state index in [2.05, 4.69) is 9.62 Å². The predicted molar refractivity (Wildman–Crippen MR) is 181 cm³/mol. The van der Waals surface area contributed by atoms with E-state index in [0.717, 1.165) is 17.1 Å². The number of ether oxygens (including phenoxy) is 3. The van der Waals surface area contributed by atoms with Gasteiger partial charge in [-0.15, -0.1) is 0 Å². The number of aliphatic hydroxyl groups excluding tert-OH is 1. The number of nitrogens with one attached hydrogen (secondary N) is 1. The third-order valence-electron chi connectivity index (χ3n) is 8.15. The molecular formula is C36H41N3O7S. The highest BCUT2D eigenvalue weighted by Gasteiger charge is 2.35. The number of hydrogen-bond acceptors (Lipinski definition) is 8. The summed E-state index contributed by atoms with van der Waals surface area (Å²) < 4.78 is 47.2. The number of hydrogen-bond donors (Lipinski definition) is 2. The monoisotopic (exact) mass is 659 g/mol. The Hall–Kier alpha value is -4.58. The minimum Gasteiger partial charge on any atom is -0.497 e. The van der Waals surface area contributed by atoms with E-state index in [1.807, 2.05) is 68.6 Å². The van der Waals surface area contributed by atoms with E-state index in [0.29, 0.717) is 25.4 Å². The van der Waals surface area contributed by atoms with Gasteiger partial charge < -0.3 is 24.2 Å². The number of methoxy groups -OCH3 is 1. The summed E-state index contributed by atoms with van der Waals surface area (Å²) in [6, 6.07) is 27.9. The summed E-state index contributed by atoms with van der Waals surface area (Å²) in [5, 5.41) is 10.0. The Morgan fingerprint density at radius 3 is 2.28 bits per heavy atom. The van der Waals surface area contributed by atoms with Gasteiger partial charge in [-0.1, -0.05) is 43.3 Å². The van der Waals surface area contributed by atoms with Gasteiger partial charge in [-0.25, -0.2) is 8.42 Å². The molecule has 2 N–H and O–H groups in total.